The Balaban J connectivity index is 1.65. The summed E-state index contributed by atoms with van der Waals surface area (Å²) in [7, 11) is 0. The summed E-state index contributed by atoms with van der Waals surface area (Å²) in [6.07, 6.45) is 3.76. The minimum atomic E-state index is 0.0500. The number of furan rings is 1. The first kappa shape index (κ1) is 17.2. The highest BCUT2D eigenvalue weighted by atomic mass is 16.5. The fourth-order valence-corrected chi connectivity index (χ4v) is 3.41. The van der Waals surface area contributed by atoms with Crippen LogP contribution >= 0.6 is 0 Å². The van der Waals surface area contributed by atoms with Crippen molar-refractivity contribution >= 4 is 0 Å². The summed E-state index contributed by atoms with van der Waals surface area (Å²) in [6, 6.07) is 15.1. The molecule has 2 aromatic rings. The molecule has 2 atom stereocenters. The molecule has 1 aliphatic heterocycles. The molecule has 24 heavy (non-hydrogen) atoms. The van der Waals surface area contributed by atoms with Gasteiger partial charge in [-0.3, -0.25) is 0 Å². The van der Waals surface area contributed by atoms with Crippen LogP contribution in [0.4, 0.5) is 0 Å². The van der Waals surface area contributed by atoms with Gasteiger partial charge in [-0.1, -0.05) is 30.3 Å². The van der Waals surface area contributed by atoms with Gasteiger partial charge in [-0.25, -0.2) is 0 Å². The van der Waals surface area contributed by atoms with Crippen LogP contribution in [0.25, 0.3) is 0 Å². The molecule has 3 rings (SSSR count). The van der Waals surface area contributed by atoms with Gasteiger partial charge in [-0.2, -0.15) is 0 Å². The predicted octanol–water partition coefficient (Wildman–Crippen LogP) is 3.83. The normalized spacial score (nSPS) is 19.8. The first-order chi connectivity index (χ1) is 11.7. The van der Waals surface area contributed by atoms with Crippen LogP contribution in [0.5, 0.6) is 0 Å². The molecule has 4 heteroatoms. The van der Waals surface area contributed by atoms with Crippen LogP contribution < -0.4 is 10.6 Å². The molecule has 1 aliphatic rings. The number of benzene rings is 1. The molecule has 1 aromatic heterocycles. The zero-order valence-electron chi connectivity index (χ0n) is 14.6. The van der Waals surface area contributed by atoms with Crippen LogP contribution in [0.15, 0.2) is 53.1 Å². The minimum Gasteiger partial charge on any atom is -0.468 e. The van der Waals surface area contributed by atoms with Crippen molar-refractivity contribution in [2.45, 2.75) is 44.3 Å². The minimum absolute atomic E-state index is 0.0500. The Morgan fingerprint density at radius 2 is 1.75 bits per heavy atom. The molecule has 2 unspecified atom stereocenters. The van der Waals surface area contributed by atoms with E-state index in [4.69, 9.17) is 9.15 Å². The fourth-order valence-electron chi connectivity index (χ4n) is 3.41. The number of rotatable bonds is 7. The highest BCUT2D eigenvalue weighted by Crippen LogP contribution is 2.26. The average Bonchev–Trinajstić information content (AvgIpc) is 3.16. The molecule has 0 spiro atoms. The van der Waals surface area contributed by atoms with Gasteiger partial charge in [0.2, 0.25) is 0 Å². The van der Waals surface area contributed by atoms with E-state index in [9.17, 15) is 0 Å². The van der Waals surface area contributed by atoms with Crippen LogP contribution in [0, 0.1) is 0 Å². The zero-order valence-corrected chi connectivity index (χ0v) is 14.6. The van der Waals surface area contributed by atoms with Crippen LogP contribution in [0.2, 0.25) is 0 Å². The Labute approximate surface area is 144 Å². The van der Waals surface area contributed by atoms with Crippen molar-refractivity contribution in [2.24, 2.45) is 0 Å². The number of hydrogen-bond donors (Lipinski definition) is 2. The monoisotopic (exact) mass is 328 g/mol. The number of hydrogen-bond acceptors (Lipinski definition) is 4. The van der Waals surface area contributed by atoms with Crippen molar-refractivity contribution in [1.82, 2.24) is 10.6 Å². The predicted molar refractivity (Wildman–Crippen MR) is 95.9 cm³/mol. The fraction of sp³-hybridized carbons (Fsp3) is 0.500. The summed E-state index contributed by atoms with van der Waals surface area (Å²) in [5, 5.41) is 7.52. The van der Waals surface area contributed by atoms with Crippen molar-refractivity contribution in [3.8, 4) is 0 Å². The van der Waals surface area contributed by atoms with Gasteiger partial charge in [0, 0.05) is 31.3 Å². The third-order valence-corrected chi connectivity index (χ3v) is 4.99. The third kappa shape index (κ3) is 4.26. The maximum Gasteiger partial charge on any atom is 0.120 e. The molecule has 1 fully saturated rings. The van der Waals surface area contributed by atoms with Crippen LogP contribution in [-0.2, 0) is 4.74 Å². The molecule has 2 heterocycles. The van der Waals surface area contributed by atoms with E-state index in [1.165, 1.54) is 5.56 Å². The summed E-state index contributed by atoms with van der Waals surface area (Å²) in [5.74, 6) is 0.980. The molecule has 0 radical (unpaired) electrons. The topological polar surface area (TPSA) is 46.4 Å². The van der Waals surface area contributed by atoms with E-state index in [0.29, 0.717) is 6.04 Å². The second-order valence-corrected chi connectivity index (χ2v) is 6.79. The molecule has 0 saturated carbocycles. The van der Waals surface area contributed by atoms with Gasteiger partial charge < -0.3 is 19.8 Å². The van der Waals surface area contributed by atoms with Crippen molar-refractivity contribution in [3.05, 3.63) is 60.1 Å². The Morgan fingerprint density at radius 3 is 2.42 bits per heavy atom. The second kappa shape index (κ2) is 7.97. The summed E-state index contributed by atoms with van der Waals surface area (Å²) < 4.78 is 11.1. The quantitative estimate of drug-likeness (QED) is 0.811. The highest BCUT2D eigenvalue weighted by molar-refractivity contribution is 5.19. The molecular formula is C20H28N2O2. The van der Waals surface area contributed by atoms with E-state index < -0.39 is 0 Å². The number of nitrogens with one attached hydrogen (secondary N) is 2. The second-order valence-electron chi connectivity index (χ2n) is 6.79. The Morgan fingerprint density at radius 1 is 1.00 bits per heavy atom. The maximum absolute atomic E-state index is 5.60. The van der Waals surface area contributed by atoms with E-state index in [-0.39, 0.29) is 11.6 Å². The highest BCUT2D eigenvalue weighted by Gasteiger charge is 2.34. The smallest absolute Gasteiger partial charge is 0.120 e. The zero-order chi connectivity index (χ0) is 16.8. The Bertz CT molecular complexity index is 591. The average molecular weight is 328 g/mol. The molecular weight excluding hydrogens is 300 g/mol. The lowest BCUT2D eigenvalue weighted by Crippen LogP contribution is -2.56. The standard InChI is InChI=1S/C20H28N2O2/c1-16(18-7-4-3-5-8-18)22-20(10-13-23-14-11-20)15-21-17(2)19-9-6-12-24-19/h3-9,12,16-17,21-22H,10-11,13-15H2,1-2H3. The van der Waals surface area contributed by atoms with Gasteiger partial charge in [-0.15, -0.1) is 0 Å². The van der Waals surface area contributed by atoms with Crippen molar-refractivity contribution in [1.29, 1.82) is 0 Å². The summed E-state index contributed by atoms with van der Waals surface area (Å²) in [4.78, 5) is 0. The molecule has 0 amide bonds. The first-order valence-corrected chi connectivity index (χ1v) is 8.86. The van der Waals surface area contributed by atoms with Crippen molar-refractivity contribution in [2.75, 3.05) is 19.8 Å². The molecule has 130 valence electrons. The lowest BCUT2D eigenvalue weighted by molar-refractivity contribution is 0.0326. The lowest BCUT2D eigenvalue weighted by Gasteiger charge is -2.41. The molecule has 1 saturated heterocycles. The third-order valence-electron chi connectivity index (χ3n) is 4.99. The maximum atomic E-state index is 5.60. The van der Waals surface area contributed by atoms with Crippen LogP contribution in [-0.4, -0.2) is 25.3 Å². The molecule has 0 bridgehead atoms. The van der Waals surface area contributed by atoms with Gasteiger partial charge in [0.1, 0.15) is 5.76 Å². The van der Waals surface area contributed by atoms with E-state index in [1.807, 2.05) is 12.1 Å². The van der Waals surface area contributed by atoms with Crippen molar-refractivity contribution < 1.29 is 9.15 Å². The van der Waals surface area contributed by atoms with E-state index >= 15 is 0 Å². The molecule has 0 aliphatic carbocycles. The van der Waals surface area contributed by atoms with Gasteiger partial charge in [-0.05, 0) is 44.4 Å². The summed E-state index contributed by atoms with van der Waals surface area (Å²) in [6.45, 7) is 6.90. The first-order valence-electron chi connectivity index (χ1n) is 8.86. The van der Waals surface area contributed by atoms with Crippen LogP contribution in [0.3, 0.4) is 0 Å². The SMILES string of the molecule is CC(NC1(CNC(C)c2ccco2)CCOCC1)c1ccccc1. The molecule has 4 nitrogen and oxygen atoms in total. The van der Waals surface area contributed by atoms with Gasteiger partial charge >= 0.3 is 0 Å². The molecule has 2 N–H and O–H groups in total. The van der Waals surface area contributed by atoms with Gasteiger partial charge in [0.25, 0.3) is 0 Å². The number of ether oxygens (including phenoxy) is 1. The Kier molecular flexibility index (Phi) is 5.72. The van der Waals surface area contributed by atoms with E-state index in [0.717, 1.165) is 38.4 Å². The summed E-state index contributed by atoms with van der Waals surface area (Å²) >= 11 is 0. The van der Waals surface area contributed by atoms with E-state index in [2.05, 4.69) is 54.8 Å². The Hall–Kier alpha value is -1.62. The van der Waals surface area contributed by atoms with Crippen LogP contribution in [0.1, 0.15) is 50.1 Å². The largest absolute Gasteiger partial charge is 0.468 e. The summed E-state index contributed by atoms with van der Waals surface area (Å²) in [5.41, 5.74) is 1.37. The van der Waals surface area contributed by atoms with E-state index in [1.54, 1.807) is 6.26 Å². The van der Waals surface area contributed by atoms with Gasteiger partial charge in [0.05, 0.1) is 12.3 Å². The lowest BCUT2D eigenvalue weighted by atomic mass is 9.88. The molecule has 1 aromatic carbocycles. The van der Waals surface area contributed by atoms with Crippen molar-refractivity contribution in [3.63, 3.8) is 0 Å². The van der Waals surface area contributed by atoms with Gasteiger partial charge in [0.15, 0.2) is 0 Å².